The van der Waals surface area contributed by atoms with Crippen LogP contribution in [-0.4, -0.2) is 20.0 Å². The molecular weight excluding hydrogens is 919 g/mol. The number of hydrogen-bond donors (Lipinski definition) is 0. The van der Waals surface area contributed by atoms with Gasteiger partial charge < -0.3 is 0 Å². The molecule has 0 atom stereocenters. The maximum atomic E-state index is 5.90. The van der Waals surface area contributed by atoms with Gasteiger partial charge >= 0.3 is 0 Å². The van der Waals surface area contributed by atoms with Gasteiger partial charge in [-0.25, -0.2) is 19.9 Å². The summed E-state index contributed by atoms with van der Waals surface area (Å²) in [6.45, 7) is 20.0. The molecule has 0 fully saturated rings. The van der Waals surface area contributed by atoms with Crippen molar-refractivity contribution in [1.29, 1.82) is 0 Å². The van der Waals surface area contributed by atoms with Gasteiger partial charge in [-0.15, -0.1) is 6.42 Å². The fourth-order valence-corrected chi connectivity index (χ4v) is 9.18. The highest BCUT2D eigenvalue weighted by Gasteiger charge is 2.21. The van der Waals surface area contributed by atoms with Crippen LogP contribution in [-0.2, 0) is 0 Å². The third-order valence-corrected chi connectivity index (χ3v) is 12.7. The summed E-state index contributed by atoms with van der Waals surface area (Å²) >= 11 is 1.64. The summed E-state index contributed by atoms with van der Waals surface area (Å²) in [5, 5.41) is 3.34. The number of aromatic nitrogens is 3. The van der Waals surface area contributed by atoms with E-state index < -0.39 is 0 Å². The molecule has 6 heteroatoms. The number of fused-ring (bicyclic) bond motifs is 1. The Labute approximate surface area is 446 Å². The molecule has 0 amide bonds. The zero-order valence-corrected chi connectivity index (χ0v) is 45.4. The van der Waals surface area contributed by atoms with Gasteiger partial charge in [-0.3, -0.25) is 4.31 Å². The predicted octanol–water partition coefficient (Wildman–Crippen LogP) is 19.1. The maximum Gasteiger partial charge on any atom is 0.164 e. The Morgan fingerprint density at radius 1 is 0.649 bits per heavy atom. The van der Waals surface area contributed by atoms with Crippen molar-refractivity contribution in [3.05, 3.63) is 229 Å². The lowest BCUT2D eigenvalue weighted by Gasteiger charge is -2.26. The standard InChI is InChI=1S/C60H43N5S.4C2H6/c1-4-6-17-42(5-2)53-36-33-51(38-41(53)3)59-63-57(46-20-12-8-13-21-46)62-58(64-59)47-28-26-43(27-29-47)49-32-37-55-50(39-49)24-16-25-54(55)44-30-34-52(35-31-44)65-40-56(45-18-10-7-11-19-45)61-60(66-65)48-22-14-9-15-23-48;4*1-2/h2,4,6-8,10,12-14,16-18,20-40H,9,15H2,1,3H3;4*1-2H3/b6-4-,42-17+;;;;. The van der Waals surface area contributed by atoms with Crippen molar-refractivity contribution in [2.75, 3.05) is 4.31 Å². The Morgan fingerprint density at radius 2 is 1.30 bits per heavy atom. The number of aliphatic imine (C=N–C) groups is 1. The lowest BCUT2D eigenvalue weighted by atomic mass is 9.95. The Bertz CT molecular complexity index is 3340. The normalized spacial score (nSPS) is 12.6. The van der Waals surface area contributed by atoms with Crippen LogP contribution in [0.2, 0.25) is 0 Å². The van der Waals surface area contributed by atoms with Gasteiger partial charge in [0.15, 0.2) is 17.5 Å². The molecule has 1 aromatic heterocycles. The third-order valence-electron chi connectivity index (χ3n) is 11.7. The monoisotopic (exact) mass is 986 g/mol. The molecule has 0 radical (unpaired) electrons. The zero-order chi connectivity index (χ0) is 52.8. The molecular formula is C68H67N5S. The number of allylic oxidation sites excluding steroid dienone is 7. The number of hydrogen-bond acceptors (Lipinski definition) is 6. The summed E-state index contributed by atoms with van der Waals surface area (Å²) in [5.74, 6) is 4.65. The fourth-order valence-electron chi connectivity index (χ4n) is 8.22. The lowest BCUT2D eigenvalue weighted by Crippen LogP contribution is -2.16. The maximum absolute atomic E-state index is 5.90. The van der Waals surface area contributed by atoms with E-state index in [-0.39, 0.29) is 0 Å². The minimum atomic E-state index is 0.600. The molecule has 5 nitrogen and oxygen atoms in total. The van der Waals surface area contributed by atoms with Crippen molar-refractivity contribution < 1.29 is 0 Å². The van der Waals surface area contributed by atoms with E-state index in [0.717, 1.165) is 90.5 Å². The first-order chi connectivity index (χ1) is 36.5. The molecule has 0 bridgehead atoms. The van der Waals surface area contributed by atoms with Gasteiger partial charge in [-0.2, -0.15) is 0 Å². The minimum Gasteiger partial charge on any atom is -0.284 e. The molecule has 1 aliphatic heterocycles. The molecule has 2 heterocycles. The van der Waals surface area contributed by atoms with Crippen LogP contribution in [0, 0.1) is 31.4 Å². The minimum absolute atomic E-state index is 0.600. The highest BCUT2D eigenvalue weighted by Crippen LogP contribution is 2.38. The summed E-state index contributed by atoms with van der Waals surface area (Å²) in [5.41, 5.74) is 14.2. The van der Waals surface area contributed by atoms with Crippen molar-refractivity contribution in [1.82, 2.24) is 15.0 Å². The van der Waals surface area contributed by atoms with Crippen LogP contribution >= 0.6 is 11.9 Å². The van der Waals surface area contributed by atoms with E-state index in [1.807, 2.05) is 135 Å². The van der Waals surface area contributed by atoms with Gasteiger partial charge in [0, 0.05) is 46.0 Å². The highest BCUT2D eigenvalue weighted by atomic mass is 32.2. The van der Waals surface area contributed by atoms with E-state index in [4.69, 9.17) is 26.4 Å². The molecule has 0 N–H and O–H groups in total. The van der Waals surface area contributed by atoms with Crippen LogP contribution in [0.15, 0.2) is 205 Å². The topological polar surface area (TPSA) is 54.3 Å². The van der Waals surface area contributed by atoms with Gasteiger partial charge in [0.25, 0.3) is 0 Å². The van der Waals surface area contributed by atoms with Crippen LogP contribution in [0.3, 0.4) is 0 Å². The summed E-state index contributed by atoms with van der Waals surface area (Å²) in [6.07, 6.45) is 22.6. The van der Waals surface area contributed by atoms with E-state index in [9.17, 15) is 0 Å². The van der Waals surface area contributed by atoms with Gasteiger partial charge in [0.1, 0.15) is 5.04 Å². The Hall–Kier alpha value is -8.29. The molecule has 0 saturated heterocycles. The number of aryl methyl sites for hydroxylation is 1. The van der Waals surface area contributed by atoms with Crippen LogP contribution in [0.5, 0.6) is 0 Å². The van der Waals surface area contributed by atoms with E-state index in [1.165, 1.54) is 16.3 Å². The zero-order valence-electron chi connectivity index (χ0n) is 44.6. The Kier molecular flexibility index (Phi) is 20.9. The largest absolute Gasteiger partial charge is 0.284 e. The van der Waals surface area contributed by atoms with E-state index in [0.29, 0.717) is 17.5 Å². The van der Waals surface area contributed by atoms with Gasteiger partial charge in [-0.05, 0) is 113 Å². The first kappa shape index (κ1) is 55.0. The number of terminal acetylenes is 1. The van der Waals surface area contributed by atoms with Crippen molar-refractivity contribution >= 4 is 44.7 Å². The SMILES string of the molecule is C#C/C(=C\C=C/C)c1ccc(-c2nc(-c3ccccc3)nc(-c3ccc(-c4ccc5c(-c6ccc(N7C=C(c8c#cccc8)N=C(C8=CCCC=C8)S7)cc6)cccc5c4)cc3)n2)cc1C.CC.CC.CC.CC. The predicted molar refractivity (Wildman–Crippen MR) is 322 cm³/mol. The van der Waals surface area contributed by atoms with E-state index in [1.54, 1.807) is 11.9 Å². The lowest BCUT2D eigenvalue weighted by molar-refractivity contribution is 1.03. The van der Waals surface area contributed by atoms with Gasteiger partial charge in [-0.1, -0.05) is 219 Å². The van der Waals surface area contributed by atoms with Crippen LogP contribution in [0.1, 0.15) is 91.8 Å². The number of benzene rings is 6. The van der Waals surface area contributed by atoms with Gasteiger partial charge in [0.2, 0.25) is 0 Å². The molecule has 0 unspecified atom stereocenters. The van der Waals surface area contributed by atoms with Crippen LogP contribution in [0.4, 0.5) is 5.69 Å². The van der Waals surface area contributed by atoms with Crippen molar-refractivity contribution in [2.24, 2.45) is 4.99 Å². The summed E-state index contributed by atoms with van der Waals surface area (Å²) in [7, 11) is 0. The number of rotatable bonds is 10. The number of anilines is 1. The second-order valence-electron chi connectivity index (χ2n) is 16.0. The second kappa shape index (κ2) is 28.1. The molecule has 7 aromatic carbocycles. The molecule has 370 valence electrons. The van der Waals surface area contributed by atoms with Crippen molar-refractivity contribution in [3.8, 4) is 68.8 Å². The fraction of sp³-hybridized carbons (Fsp3) is 0.176. The first-order valence-corrected chi connectivity index (χ1v) is 26.8. The van der Waals surface area contributed by atoms with E-state index >= 15 is 0 Å². The van der Waals surface area contributed by atoms with Crippen molar-refractivity contribution in [2.45, 2.75) is 82.1 Å². The summed E-state index contributed by atoms with van der Waals surface area (Å²) in [6, 6.07) is 59.0. The molecule has 0 saturated carbocycles. The molecule has 1 aliphatic carbocycles. The van der Waals surface area contributed by atoms with Gasteiger partial charge in [0.05, 0.1) is 16.9 Å². The molecule has 10 rings (SSSR count). The van der Waals surface area contributed by atoms with Crippen LogP contribution in [0.25, 0.3) is 78.5 Å². The number of nitrogens with zero attached hydrogens (tertiary/aromatic N) is 5. The summed E-state index contributed by atoms with van der Waals surface area (Å²) in [4.78, 5) is 20.0. The van der Waals surface area contributed by atoms with Crippen LogP contribution < -0.4 is 4.31 Å². The summed E-state index contributed by atoms with van der Waals surface area (Å²) < 4.78 is 2.20. The highest BCUT2D eigenvalue weighted by molar-refractivity contribution is 8.15. The van der Waals surface area contributed by atoms with Crippen molar-refractivity contribution in [3.63, 3.8) is 0 Å². The molecule has 8 aromatic rings. The average Bonchev–Trinajstić information content (AvgIpc) is 3.50. The average molecular weight is 986 g/mol. The second-order valence-corrected chi connectivity index (χ2v) is 17.0. The smallest absolute Gasteiger partial charge is 0.164 e. The van der Waals surface area contributed by atoms with E-state index in [2.05, 4.69) is 151 Å². The quantitative estimate of drug-likeness (QED) is 0.0776. The molecule has 0 spiro atoms. The third kappa shape index (κ3) is 13.2. The first-order valence-electron chi connectivity index (χ1n) is 26.0. The molecule has 74 heavy (non-hydrogen) atoms. The Balaban J connectivity index is 0.00000106. The molecule has 2 aliphatic rings. The Morgan fingerprint density at radius 3 is 1.93 bits per heavy atom.